The van der Waals surface area contributed by atoms with Gasteiger partial charge in [0.05, 0.1) is 6.10 Å². The van der Waals surface area contributed by atoms with Gasteiger partial charge in [-0.3, -0.25) is 4.79 Å². The van der Waals surface area contributed by atoms with E-state index in [9.17, 15) is 9.90 Å². The van der Waals surface area contributed by atoms with Gasteiger partial charge < -0.3 is 15.2 Å². The van der Waals surface area contributed by atoms with Gasteiger partial charge in [0.15, 0.2) is 0 Å². The molecule has 0 saturated heterocycles. The van der Waals surface area contributed by atoms with Crippen molar-refractivity contribution in [1.82, 2.24) is 5.32 Å². The zero-order valence-electron chi connectivity index (χ0n) is 12.4. The number of hydrogen-bond donors (Lipinski definition) is 2. The second kappa shape index (κ2) is 5.83. The van der Waals surface area contributed by atoms with Crippen LogP contribution in [0.4, 0.5) is 0 Å². The van der Waals surface area contributed by atoms with Gasteiger partial charge in [-0.05, 0) is 63.4 Å². The van der Waals surface area contributed by atoms with Gasteiger partial charge in [-0.1, -0.05) is 6.07 Å². The molecular formula is C16H23NO3. The molecule has 0 fully saturated rings. The first-order valence-electron chi connectivity index (χ1n) is 7.15. The van der Waals surface area contributed by atoms with Gasteiger partial charge in [0, 0.05) is 6.42 Å². The smallest absolute Gasteiger partial charge is 0.323 e. The Hall–Kier alpha value is -1.55. The lowest BCUT2D eigenvalue weighted by Crippen LogP contribution is -2.50. The van der Waals surface area contributed by atoms with Gasteiger partial charge in [0.2, 0.25) is 0 Å². The number of fused-ring (bicyclic) bond motifs is 1. The standard InChI is InChI=1S/C16H23NO3/c1-11(10-16(2,17-3)15(18)19)20-14-8-7-12-5-4-6-13(12)9-14/h7-9,11,17H,4-6,10H2,1-3H3,(H,18,19). The number of ether oxygens (including phenoxy) is 1. The van der Waals surface area contributed by atoms with Crippen molar-refractivity contribution in [2.45, 2.75) is 51.2 Å². The second-order valence-corrected chi connectivity index (χ2v) is 5.80. The molecule has 2 unspecified atom stereocenters. The Balaban J connectivity index is 2.01. The van der Waals surface area contributed by atoms with E-state index in [1.807, 2.05) is 13.0 Å². The fourth-order valence-corrected chi connectivity index (χ4v) is 2.77. The first kappa shape index (κ1) is 14.9. The molecule has 1 aliphatic rings. The number of aliphatic carboxylic acids is 1. The highest BCUT2D eigenvalue weighted by molar-refractivity contribution is 5.78. The van der Waals surface area contributed by atoms with Crippen molar-refractivity contribution < 1.29 is 14.6 Å². The molecule has 0 bridgehead atoms. The molecule has 0 heterocycles. The monoisotopic (exact) mass is 277 g/mol. The number of nitrogens with one attached hydrogen (secondary N) is 1. The van der Waals surface area contributed by atoms with Crippen LogP contribution in [0, 0.1) is 0 Å². The Kier molecular flexibility index (Phi) is 4.33. The molecule has 110 valence electrons. The number of hydrogen-bond acceptors (Lipinski definition) is 3. The third-order valence-corrected chi connectivity index (χ3v) is 4.13. The minimum absolute atomic E-state index is 0.164. The quantitative estimate of drug-likeness (QED) is 0.838. The van der Waals surface area contributed by atoms with Crippen molar-refractivity contribution in [3.63, 3.8) is 0 Å². The summed E-state index contributed by atoms with van der Waals surface area (Å²) >= 11 is 0. The number of carbonyl (C=O) groups is 1. The lowest BCUT2D eigenvalue weighted by atomic mass is 9.95. The van der Waals surface area contributed by atoms with Crippen LogP contribution in [-0.4, -0.2) is 29.8 Å². The highest BCUT2D eigenvalue weighted by Crippen LogP contribution is 2.27. The Morgan fingerprint density at radius 1 is 1.45 bits per heavy atom. The molecule has 4 heteroatoms. The summed E-state index contributed by atoms with van der Waals surface area (Å²) in [6.45, 7) is 3.59. The molecule has 2 rings (SSSR count). The van der Waals surface area contributed by atoms with Crippen LogP contribution >= 0.6 is 0 Å². The van der Waals surface area contributed by atoms with E-state index in [-0.39, 0.29) is 6.10 Å². The van der Waals surface area contributed by atoms with Crippen molar-refractivity contribution in [3.8, 4) is 5.75 Å². The van der Waals surface area contributed by atoms with Crippen LogP contribution in [0.1, 0.15) is 37.8 Å². The first-order valence-corrected chi connectivity index (χ1v) is 7.15. The fourth-order valence-electron chi connectivity index (χ4n) is 2.77. The number of carboxylic acids is 1. The van der Waals surface area contributed by atoms with E-state index in [1.54, 1.807) is 14.0 Å². The predicted octanol–water partition coefficient (Wildman–Crippen LogP) is 2.40. The van der Waals surface area contributed by atoms with E-state index in [4.69, 9.17) is 4.74 Å². The minimum atomic E-state index is -0.962. The van der Waals surface area contributed by atoms with Crippen molar-refractivity contribution in [2.75, 3.05) is 7.05 Å². The highest BCUT2D eigenvalue weighted by atomic mass is 16.5. The molecule has 1 aromatic rings. The molecule has 2 N–H and O–H groups in total. The summed E-state index contributed by atoms with van der Waals surface area (Å²) in [5.74, 6) is -0.0219. The zero-order chi connectivity index (χ0) is 14.8. The largest absolute Gasteiger partial charge is 0.491 e. The SMILES string of the molecule is CNC(C)(CC(C)Oc1ccc2c(c1)CCC2)C(=O)O. The third-order valence-electron chi connectivity index (χ3n) is 4.13. The van der Waals surface area contributed by atoms with Gasteiger partial charge >= 0.3 is 5.97 Å². The Morgan fingerprint density at radius 2 is 2.15 bits per heavy atom. The lowest BCUT2D eigenvalue weighted by Gasteiger charge is -2.27. The molecule has 1 aromatic carbocycles. The maximum Gasteiger partial charge on any atom is 0.323 e. The Bertz CT molecular complexity index is 500. The van der Waals surface area contributed by atoms with E-state index >= 15 is 0 Å². The number of carboxylic acid groups (broad SMARTS) is 1. The topological polar surface area (TPSA) is 58.6 Å². The molecule has 1 aliphatic carbocycles. The van der Waals surface area contributed by atoms with Crippen LogP contribution in [0.25, 0.3) is 0 Å². The third kappa shape index (κ3) is 3.12. The van der Waals surface area contributed by atoms with E-state index < -0.39 is 11.5 Å². The van der Waals surface area contributed by atoms with Crippen LogP contribution in [0.5, 0.6) is 5.75 Å². The van der Waals surface area contributed by atoms with Crippen LogP contribution in [0.2, 0.25) is 0 Å². The number of aryl methyl sites for hydroxylation is 2. The van der Waals surface area contributed by atoms with E-state index in [2.05, 4.69) is 17.4 Å². The maximum absolute atomic E-state index is 11.3. The van der Waals surface area contributed by atoms with Gasteiger partial charge in [-0.2, -0.15) is 0 Å². The van der Waals surface area contributed by atoms with Crippen molar-refractivity contribution in [1.29, 1.82) is 0 Å². The average molecular weight is 277 g/mol. The average Bonchev–Trinajstić information content (AvgIpc) is 2.85. The lowest BCUT2D eigenvalue weighted by molar-refractivity contribution is -0.145. The van der Waals surface area contributed by atoms with Crippen LogP contribution in [0.15, 0.2) is 18.2 Å². The normalized spacial score (nSPS) is 18.1. The van der Waals surface area contributed by atoms with Crippen molar-refractivity contribution in [2.24, 2.45) is 0 Å². The van der Waals surface area contributed by atoms with E-state index in [0.29, 0.717) is 6.42 Å². The van der Waals surface area contributed by atoms with Gasteiger partial charge in [-0.25, -0.2) is 0 Å². The van der Waals surface area contributed by atoms with Crippen LogP contribution in [0.3, 0.4) is 0 Å². The van der Waals surface area contributed by atoms with Gasteiger partial charge in [-0.15, -0.1) is 0 Å². The minimum Gasteiger partial charge on any atom is -0.491 e. The summed E-state index contributed by atoms with van der Waals surface area (Å²) in [5.41, 5.74) is 1.82. The maximum atomic E-state index is 11.3. The summed E-state index contributed by atoms with van der Waals surface area (Å²) in [6.07, 6.45) is 3.73. The number of benzene rings is 1. The zero-order valence-corrected chi connectivity index (χ0v) is 12.4. The first-order chi connectivity index (χ1) is 9.44. The van der Waals surface area contributed by atoms with Crippen molar-refractivity contribution in [3.05, 3.63) is 29.3 Å². The number of likely N-dealkylation sites (N-methyl/N-ethyl adjacent to an activating group) is 1. The predicted molar refractivity (Wildman–Crippen MR) is 78.3 cm³/mol. The number of rotatable bonds is 6. The molecule has 0 saturated carbocycles. The van der Waals surface area contributed by atoms with Gasteiger partial charge in [0.1, 0.15) is 11.3 Å². The van der Waals surface area contributed by atoms with Gasteiger partial charge in [0.25, 0.3) is 0 Å². The molecule has 0 aliphatic heterocycles. The fraction of sp³-hybridized carbons (Fsp3) is 0.562. The van der Waals surface area contributed by atoms with E-state index in [1.165, 1.54) is 17.5 Å². The molecule has 4 nitrogen and oxygen atoms in total. The molecule has 0 radical (unpaired) electrons. The Labute approximate surface area is 120 Å². The second-order valence-electron chi connectivity index (χ2n) is 5.80. The summed E-state index contributed by atoms with van der Waals surface area (Å²) in [5, 5.41) is 12.1. The summed E-state index contributed by atoms with van der Waals surface area (Å²) in [6, 6.07) is 6.20. The molecule has 0 spiro atoms. The van der Waals surface area contributed by atoms with Crippen LogP contribution in [-0.2, 0) is 17.6 Å². The molecule has 0 amide bonds. The Morgan fingerprint density at radius 3 is 2.80 bits per heavy atom. The van der Waals surface area contributed by atoms with Crippen LogP contribution < -0.4 is 10.1 Å². The molecule has 0 aromatic heterocycles. The van der Waals surface area contributed by atoms with E-state index in [0.717, 1.165) is 18.6 Å². The molecule has 2 atom stereocenters. The van der Waals surface area contributed by atoms with Crippen molar-refractivity contribution >= 4 is 5.97 Å². The summed E-state index contributed by atoms with van der Waals surface area (Å²) in [4.78, 5) is 11.3. The summed E-state index contributed by atoms with van der Waals surface area (Å²) in [7, 11) is 1.66. The summed E-state index contributed by atoms with van der Waals surface area (Å²) < 4.78 is 5.88. The molecular weight excluding hydrogens is 254 g/mol. The highest BCUT2D eigenvalue weighted by Gasteiger charge is 2.33. The molecule has 20 heavy (non-hydrogen) atoms.